The third kappa shape index (κ3) is 3.80. The van der Waals surface area contributed by atoms with E-state index < -0.39 is 0 Å². The summed E-state index contributed by atoms with van der Waals surface area (Å²) in [6.45, 7) is 5.71. The molecule has 3 heteroatoms. The van der Waals surface area contributed by atoms with Crippen molar-refractivity contribution < 1.29 is 9.53 Å². The Hall–Kier alpha value is -1.35. The normalized spacial score (nSPS) is 18.8. The van der Waals surface area contributed by atoms with Gasteiger partial charge in [-0.3, -0.25) is 4.79 Å². The van der Waals surface area contributed by atoms with Crippen LogP contribution in [-0.2, 0) is 16.0 Å². The summed E-state index contributed by atoms with van der Waals surface area (Å²) in [5.74, 6) is 0.136. The summed E-state index contributed by atoms with van der Waals surface area (Å²) < 4.78 is 5.23. The maximum absolute atomic E-state index is 12.1. The Morgan fingerprint density at radius 1 is 1.37 bits per heavy atom. The lowest BCUT2D eigenvalue weighted by molar-refractivity contribution is -0.136. The fourth-order valence-electron chi connectivity index (χ4n) is 2.64. The van der Waals surface area contributed by atoms with E-state index in [-0.39, 0.29) is 12.5 Å². The van der Waals surface area contributed by atoms with Crippen molar-refractivity contribution in [2.75, 3.05) is 19.8 Å². The number of nitrogens with zero attached hydrogens (tertiary/aromatic N) is 1. The minimum atomic E-state index is 0.136. The van der Waals surface area contributed by atoms with Crippen LogP contribution in [0.1, 0.15) is 30.9 Å². The molecule has 0 bridgehead atoms. The van der Waals surface area contributed by atoms with Crippen LogP contribution in [0.3, 0.4) is 0 Å². The van der Waals surface area contributed by atoms with Gasteiger partial charge < -0.3 is 9.64 Å². The van der Waals surface area contributed by atoms with E-state index in [1.165, 1.54) is 11.1 Å². The number of hydrogen-bond acceptors (Lipinski definition) is 2. The third-order valence-corrected chi connectivity index (χ3v) is 3.72. The quantitative estimate of drug-likeness (QED) is 0.815. The van der Waals surface area contributed by atoms with Crippen molar-refractivity contribution in [3.63, 3.8) is 0 Å². The van der Waals surface area contributed by atoms with Gasteiger partial charge in [0, 0.05) is 19.2 Å². The standard InChI is InChI=1S/C16H23NO2/c1-3-19-12-16(18)17-10-4-5-15(17)11-14-8-6-13(2)7-9-14/h6-9,15H,3-5,10-12H2,1-2H3/t15-/m0/s1. The van der Waals surface area contributed by atoms with Gasteiger partial charge in [-0.1, -0.05) is 29.8 Å². The Bertz CT molecular complexity index is 413. The molecule has 1 saturated heterocycles. The van der Waals surface area contributed by atoms with E-state index in [0.29, 0.717) is 12.6 Å². The van der Waals surface area contributed by atoms with E-state index in [1.807, 2.05) is 11.8 Å². The summed E-state index contributed by atoms with van der Waals surface area (Å²) in [7, 11) is 0. The zero-order valence-corrected chi connectivity index (χ0v) is 11.9. The smallest absolute Gasteiger partial charge is 0.248 e. The van der Waals surface area contributed by atoms with Crippen molar-refractivity contribution in [1.82, 2.24) is 4.90 Å². The number of benzene rings is 1. The van der Waals surface area contributed by atoms with Crippen LogP contribution < -0.4 is 0 Å². The SMILES string of the molecule is CCOCC(=O)N1CCC[C@H]1Cc1ccc(C)cc1. The van der Waals surface area contributed by atoms with Crippen LogP contribution in [0, 0.1) is 6.92 Å². The number of carbonyl (C=O) groups is 1. The summed E-state index contributed by atoms with van der Waals surface area (Å²) in [6.07, 6.45) is 3.16. The first-order chi connectivity index (χ1) is 9.20. The summed E-state index contributed by atoms with van der Waals surface area (Å²) in [6, 6.07) is 8.95. The fraction of sp³-hybridized carbons (Fsp3) is 0.562. The highest BCUT2D eigenvalue weighted by Crippen LogP contribution is 2.21. The lowest BCUT2D eigenvalue weighted by Crippen LogP contribution is -2.39. The van der Waals surface area contributed by atoms with Gasteiger partial charge in [0.25, 0.3) is 0 Å². The van der Waals surface area contributed by atoms with Crippen LogP contribution in [0.25, 0.3) is 0 Å². The molecule has 19 heavy (non-hydrogen) atoms. The second-order valence-corrected chi connectivity index (χ2v) is 5.21. The van der Waals surface area contributed by atoms with Crippen molar-refractivity contribution in [2.24, 2.45) is 0 Å². The molecule has 104 valence electrons. The first kappa shape index (κ1) is 14.1. The first-order valence-corrected chi connectivity index (χ1v) is 7.13. The van der Waals surface area contributed by atoms with E-state index >= 15 is 0 Å². The van der Waals surface area contributed by atoms with Gasteiger partial charge in [0.05, 0.1) is 0 Å². The minimum Gasteiger partial charge on any atom is -0.372 e. The number of amides is 1. The number of likely N-dealkylation sites (tertiary alicyclic amines) is 1. The molecule has 0 radical (unpaired) electrons. The summed E-state index contributed by atoms with van der Waals surface area (Å²) in [5, 5.41) is 0. The molecule has 1 atom stereocenters. The fourth-order valence-corrected chi connectivity index (χ4v) is 2.64. The highest BCUT2D eigenvalue weighted by Gasteiger charge is 2.28. The molecule has 0 spiro atoms. The monoisotopic (exact) mass is 261 g/mol. The molecule has 1 aliphatic heterocycles. The lowest BCUT2D eigenvalue weighted by atomic mass is 10.0. The molecule has 1 fully saturated rings. The van der Waals surface area contributed by atoms with Crippen LogP contribution in [0.4, 0.5) is 0 Å². The Balaban J connectivity index is 1.95. The van der Waals surface area contributed by atoms with Gasteiger partial charge in [0.1, 0.15) is 6.61 Å². The molecule has 1 heterocycles. The van der Waals surface area contributed by atoms with Gasteiger partial charge in [-0.25, -0.2) is 0 Å². The number of rotatable bonds is 5. The predicted molar refractivity (Wildman–Crippen MR) is 76.1 cm³/mol. The highest BCUT2D eigenvalue weighted by molar-refractivity contribution is 5.78. The second-order valence-electron chi connectivity index (χ2n) is 5.21. The average molecular weight is 261 g/mol. The van der Waals surface area contributed by atoms with Crippen LogP contribution in [-0.4, -0.2) is 36.6 Å². The number of aryl methyl sites for hydroxylation is 1. The zero-order chi connectivity index (χ0) is 13.7. The molecular formula is C16H23NO2. The van der Waals surface area contributed by atoms with E-state index in [2.05, 4.69) is 31.2 Å². The van der Waals surface area contributed by atoms with Gasteiger partial charge in [-0.2, -0.15) is 0 Å². The molecule has 1 aliphatic rings. The van der Waals surface area contributed by atoms with Gasteiger partial charge in [0.15, 0.2) is 0 Å². The molecule has 1 aromatic rings. The van der Waals surface area contributed by atoms with E-state index in [1.54, 1.807) is 0 Å². The molecule has 0 aliphatic carbocycles. The van der Waals surface area contributed by atoms with Crippen molar-refractivity contribution >= 4 is 5.91 Å². The van der Waals surface area contributed by atoms with Crippen LogP contribution in [0.5, 0.6) is 0 Å². The molecule has 1 aromatic carbocycles. The van der Waals surface area contributed by atoms with E-state index in [4.69, 9.17) is 4.74 Å². The Kier molecular flexibility index (Phi) is 4.97. The average Bonchev–Trinajstić information content (AvgIpc) is 2.87. The molecule has 2 rings (SSSR count). The van der Waals surface area contributed by atoms with Crippen molar-refractivity contribution in [2.45, 2.75) is 39.2 Å². The Labute approximate surface area is 115 Å². The van der Waals surface area contributed by atoms with Gasteiger partial charge >= 0.3 is 0 Å². The maximum atomic E-state index is 12.1. The van der Waals surface area contributed by atoms with Gasteiger partial charge in [-0.15, -0.1) is 0 Å². The number of carbonyl (C=O) groups excluding carboxylic acids is 1. The third-order valence-electron chi connectivity index (χ3n) is 3.72. The van der Waals surface area contributed by atoms with Crippen LogP contribution in [0.15, 0.2) is 24.3 Å². The van der Waals surface area contributed by atoms with Crippen molar-refractivity contribution in [1.29, 1.82) is 0 Å². The molecule has 3 nitrogen and oxygen atoms in total. The summed E-state index contributed by atoms with van der Waals surface area (Å²) in [5.41, 5.74) is 2.59. The highest BCUT2D eigenvalue weighted by atomic mass is 16.5. The topological polar surface area (TPSA) is 29.5 Å². The van der Waals surface area contributed by atoms with Gasteiger partial charge in [0.2, 0.25) is 5.91 Å². The predicted octanol–water partition coefficient (Wildman–Crippen LogP) is 2.57. The second kappa shape index (κ2) is 6.71. The lowest BCUT2D eigenvalue weighted by Gasteiger charge is -2.24. The molecule has 0 unspecified atom stereocenters. The van der Waals surface area contributed by atoms with Crippen LogP contribution in [0.2, 0.25) is 0 Å². The van der Waals surface area contributed by atoms with Crippen LogP contribution >= 0.6 is 0 Å². The molecular weight excluding hydrogens is 238 g/mol. The maximum Gasteiger partial charge on any atom is 0.248 e. The summed E-state index contributed by atoms with van der Waals surface area (Å²) >= 11 is 0. The Morgan fingerprint density at radius 3 is 2.79 bits per heavy atom. The van der Waals surface area contributed by atoms with Crippen molar-refractivity contribution in [3.05, 3.63) is 35.4 Å². The summed E-state index contributed by atoms with van der Waals surface area (Å²) in [4.78, 5) is 14.1. The number of hydrogen-bond donors (Lipinski definition) is 0. The number of ether oxygens (including phenoxy) is 1. The van der Waals surface area contributed by atoms with Gasteiger partial charge in [-0.05, 0) is 38.7 Å². The molecule has 0 saturated carbocycles. The first-order valence-electron chi connectivity index (χ1n) is 7.13. The molecule has 0 N–H and O–H groups in total. The molecule has 0 aromatic heterocycles. The minimum absolute atomic E-state index is 0.136. The van der Waals surface area contributed by atoms with Crippen molar-refractivity contribution in [3.8, 4) is 0 Å². The van der Waals surface area contributed by atoms with E-state index in [9.17, 15) is 4.79 Å². The molecule has 1 amide bonds. The largest absolute Gasteiger partial charge is 0.372 e. The Morgan fingerprint density at radius 2 is 2.11 bits per heavy atom. The van der Waals surface area contributed by atoms with E-state index in [0.717, 1.165) is 25.8 Å². The zero-order valence-electron chi connectivity index (χ0n) is 11.9.